The van der Waals surface area contributed by atoms with Crippen molar-refractivity contribution in [3.63, 3.8) is 0 Å². The van der Waals surface area contributed by atoms with Crippen LogP contribution in [0.1, 0.15) is 11.1 Å². The molecule has 154 valence electrons. The highest BCUT2D eigenvalue weighted by molar-refractivity contribution is 5.95. The van der Waals surface area contributed by atoms with E-state index in [0.29, 0.717) is 28.0 Å². The number of hydrogen-bond acceptors (Lipinski definition) is 2. The molecule has 4 rings (SSSR count). The van der Waals surface area contributed by atoms with Gasteiger partial charge in [0, 0.05) is 22.2 Å². The van der Waals surface area contributed by atoms with Gasteiger partial charge in [-0.25, -0.2) is 0 Å². The molecule has 1 aromatic heterocycles. The van der Waals surface area contributed by atoms with Crippen LogP contribution in [0, 0.1) is 5.41 Å². The zero-order chi connectivity index (χ0) is 20.6. The molecular weight excluding hydrogens is 415 g/mol. The number of halogens is 4. The van der Waals surface area contributed by atoms with Gasteiger partial charge in [0.1, 0.15) is 17.3 Å². The third-order valence-corrected chi connectivity index (χ3v) is 4.52. The second-order valence-corrected chi connectivity index (χ2v) is 6.55. The Kier molecular flexibility index (Phi) is 5.75. The van der Waals surface area contributed by atoms with Gasteiger partial charge in [0.2, 0.25) is 0 Å². The summed E-state index contributed by atoms with van der Waals surface area (Å²) in [5.74, 6) is 1.20. The molecule has 4 aromatic rings. The minimum absolute atomic E-state index is 0. The first-order valence-electron chi connectivity index (χ1n) is 8.72. The smallest absolute Gasteiger partial charge is 0.416 e. The standard InChI is InChI=1S/C22H16F3N3O.ClH/c23-22(24,25)16-6-1-15-11-19(28-20(15)12-16)13-2-7-17(8-3-13)29-18-9-4-14(5-10-18)21(26)27;/h1-12,28H,(H3,26,27);1H. The average Bonchev–Trinajstić information content (AvgIpc) is 3.11. The summed E-state index contributed by atoms with van der Waals surface area (Å²) in [6.07, 6.45) is -4.37. The predicted molar refractivity (Wildman–Crippen MR) is 114 cm³/mol. The van der Waals surface area contributed by atoms with Crippen LogP contribution in [0.5, 0.6) is 11.5 Å². The van der Waals surface area contributed by atoms with Crippen molar-refractivity contribution in [1.82, 2.24) is 4.98 Å². The topological polar surface area (TPSA) is 74.9 Å². The van der Waals surface area contributed by atoms with E-state index in [1.165, 1.54) is 6.07 Å². The van der Waals surface area contributed by atoms with Crippen LogP contribution in [0.4, 0.5) is 13.2 Å². The van der Waals surface area contributed by atoms with E-state index in [1.54, 1.807) is 36.4 Å². The minimum Gasteiger partial charge on any atom is -0.457 e. The van der Waals surface area contributed by atoms with Gasteiger partial charge in [-0.2, -0.15) is 13.2 Å². The number of benzene rings is 3. The highest BCUT2D eigenvalue weighted by Crippen LogP contribution is 2.33. The number of ether oxygens (including phenoxy) is 1. The summed E-state index contributed by atoms with van der Waals surface area (Å²) in [6, 6.07) is 19.5. The Balaban J connectivity index is 0.00000256. The number of hydrogen-bond donors (Lipinski definition) is 3. The summed E-state index contributed by atoms with van der Waals surface area (Å²) in [7, 11) is 0. The van der Waals surface area contributed by atoms with E-state index in [-0.39, 0.29) is 18.2 Å². The number of H-pyrrole nitrogens is 1. The summed E-state index contributed by atoms with van der Waals surface area (Å²) in [5, 5.41) is 8.10. The number of alkyl halides is 3. The first-order chi connectivity index (χ1) is 13.8. The average molecular weight is 432 g/mol. The van der Waals surface area contributed by atoms with Crippen molar-refractivity contribution in [2.75, 3.05) is 0 Å². The molecule has 4 nitrogen and oxygen atoms in total. The Morgan fingerprint density at radius 1 is 0.867 bits per heavy atom. The maximum atomic E-state index is 12.9. The third-order valence-electron chi connectivity index (χ3n) is 4.52. The number of nitrogens with two attached hydrogens (primary N) is 1. The Hall–Kier alpha value is -3.45. The highest BCUT2D eigenvalue weighted by Gasteiger charge is 2.30. The van der Waals surface area contributed by atoms with E-state index in [0.717, 1.165) is 23.4 Å². The fourth-order valence-corrected chi connectivity index (χ4v) is 3.00. The molecule has 0 saturated carbocycles. The molecular formula is C22H17ClF3N3O. The SMILES string of the molecule is Cl.N=C(N)c1ccc(Oc2ccc(-c3cc4ccc(C(F)(F)F)cc4[nH]3)cc2)cc1. The van der Waals surface area contributed by atoms with Crippen LogP contribution in [0.25, 0.3) is 22.2 Å². The summed E-state index contributed by atoms with van der Waals surface area (Å²) < 4.78 is 44.4. The van der Waals surface area contributed by atoms with Gasteiger partial charge in [-0.15, -0.1) is 12.4 Å². The number of aromatic amines is 1. The summed E-state index contributed by atoms with van der Waals surface area (Å²) in [6.45, 7) is 0. The minimum atomic E-state index is -4.37. The van der Waals surface area contributed by atoms with Gasteiger partial charge in [0.25, 0.3) is 0 Å². The van der Waals surface area contributed by atoms with Crippen LogP contribution in [0.2, 0.25) is 0 Å². The van der Waals surface area contributed by atoms with Crippen LogP contribution in [0.15, 0.2) is 72.8 Å². The predicted octanol–water partition coefficient (Wildman–Crippen LogP) is 6.35. The molecule has 0 unspecified atom stereocenters. The molecule has 0 atom stereocenters. The lowest BCUT2D eigenvalue weighted by atomic mass is 10.1. The van der Waals surface area contributed by atoms with Crippen LogP contribution in [0.3, 0.4) is 0 Å². The summed E-state index contributed by atoms with van der Waals surface area (Å²) in [4.78, 5) is 3.04. The lowest BCUT2D eigenvalue weighted by Crippen LogP contribution is -2.10. The molecule has 4 N–H and O–H groups in total. The number of rotatable bonds is 4. The van der Waals surface area contributed by atoms with Gasteiger partial charge in [0.05, 0.1) is 5.56 Å². The Bertz CT molecular complexity index is 1180. The van der Waals surface area contributed by atoms with E-state index >= 15 is 0 Å². The molecule has 0 fully saturated rings. The van der Waals surface area contributed by atoms with Gasteiger partial charge >= 0.3 is 6.18 Å². The lowest BCUT2D eigenvalue weighted by molar-refractivity contribution is -0.137. The fourth-order valence-electron chi connectivity index (χ4n) is 3.00. The second-order valence-electron chi connectivity index (χ2n) is 6.55. The maximum absolute atomic E-state index is 12.9. The number of fused-ring (bicyclic) bond motifs is 1. The fraction of sp³-hybridized carbons (Fsp3) is 0.0455. The lowest BCUT2D eigenvalue weighted by Gasteiger charge is -2.07. The highest BCUT2D eigenvalue weighted by atomic mass is 35.5. The molecule has 0 radical (unpaired) electrons. The zero-order valence-electron chi connectivity index (χ0n) is 15.5. The Morgan fingerprint density at radius 2 is 1.47 bits per heavy atom. The van der Waals surface area contributed by atoms with Crippen molar-refractivity contribution in [3.05, 3.63) is 83.9 Å². The van der Waals surface area contributed by atoms with E-state index in [4.69, 9.17) is 15.9 Å². The Labute approximate surface area is 176 Å². The van der Waals surface area contributed by atoms with Crippen LogP contribution < -0.4 is 10.5 Å². The molecule has 1 heterocycles. The molecule has 30 heavy (non-hydrogen) atoms. The summed E-state index contributed by atoms with van der Waals surface area (Å²) >= 11 is 0. The largest absolute Gasteiger partial charge is 0.457 e. The first kappa shape index (κ1) is 21.3. The Morgan fingerprint density at radius 3 is 2.03 bits per heavy atom. The van der Waals surface area contributed by atoms with E-state index in [1.807, 2.05) is 18.2 Å². The van der Waals surface area contributed by atoms with E-state index < -0.39 is 11.7 Å². The number of amidine groups is 1. The molecule has 8 heteroatoms. The van der Waals surface area contributed by atoms with Crippen LogP contribution >= 0.6 is 12.4 Å². The molecule has 0 aliphatic rings. The van der Waals surface area contributed by atoms with Crippen LogP contribution in [-0.4, -0.2) is 10.8 Å². The zero-order valence-corrected chi connectivity index (χ0v) is 16.3. The van der Waals surface area contributed by atoms with Gasteiger partial charge in [-0.3, -0.25) is 5.41 Å². The van der Waals surface area contributed by atoms with Gasteiger partial charge < -0.3 is 15.5 Å². The van der Waals surface area contributed by atoms with E-state index in [2.05, 4.69) is 4.98 Å². The molecule has 0 amide bonds. The number of nitrogens with one attached hydrogen (secondary N) is 2. The normalized spacial score (nSPS) is 11.2. The van der Waals surface area contributed by atoms with Crippen molar-refractivity contribution in [2.45, 2.75) is 6.18 Å². The maximum Gasteiger partial charge on any atom is 0.416 e. The molecule has 0 spiro atoms. The van der Waals surface area contributed by atoms with E-state index in [9.17, 15) is 13.2 Å². The van der Waals surface area contributed by atoms with Crippen molar-refractivity contribution in [1.29, 1.82) is 5.41 Å². The number of nitrogen functional groups attached to an aromatic ring is 1. The molecule has 3 aromatic carbocycles. The second kappa shape index (κ2) is 8.12. The van der Waals surface area contributed by atoms with Gasteiger partial charge in [-0.1, -0.05) is 6.07 Å². The first-order valence-corrected chi connectivity index (χ1v) is 8.72. The number of aromatic nitrogens is 1. The molecule has 0 aliphatic heterocycles. The molecule has 0 saturated heterocycles. The molecule has 0 bridgehead atoms. The monoisotopic (exact) mass is 431 g/mol. The third kappa shape index (κ3) is 4.41. The molecule has 0 aliphatic carbocycles. The van der Waals surface area contributed by atoms with Crippen LogP contribution in [-0.2, 0) is 6.18 Å². The van der Waals surface area contributed by atoms with Gasteiger partial charge in [-0.05, 0) is 72.3 Å². The summed E-state index contributed by atoms with van der Waals surface area (Å²) in [5.41, 5.74) is 7.34. The quantitative estimate of drug-likeness (QED) is 0.260. The van der Waals surface area contributed by atoms with Crippen molar-refractivity contribution >= 4 is 29.1 Å². The van der Waals surface area contributed by atoms with Crippen molar-refractivity contribution in [3.8, 4) is 22.8 Å². The van der Waals surface area contributed by atoms with Crippen molar-refractivity contribution in [2.24, 2.45) is 5.73 Å². The van der Waals surface area contributed by atoms with Crippen molar-refractivity contribution < 1.29 is 17.9 Å². The van der Waals surface area contributed by atoms with Gasteiger partial charge in [0.15, 0.2) is 0 Å².